The van der Waals surface area contributed by atoms with E-state index in [1.165, 1.54) is 24.8 Å². The molecule has 1 aromatic rings. The van der Waals surface area contributed by atoms with E-state index in [9.17, 15) is 5.11 Å². The van der Waals surface area contributed by atoms with Crippen LogP contribution >= 0.6 is 23.2 Å². The van der Waals surface area contributed by atoms with Gasteiger partial charge in [-0.25, -0.2) is 0 Å². The lowest BCUT2D eigenvalue weighted by atomic mass is 10.2. The molecule has 1 aromatic carbocycles. The Labute approximate surface area is 135 Å². The van der Waals surface area contributed by atoms with Gasteiger partial charge in [-0.05, 0) is 44.4 Å². The van der Waals surface area contributed by atoms with Crippen molar-refractivity contribution in [2.24, 2.45) is 0 Å². The molecule has 2 rings (SSSR count). The first-order chi connectivity index (χ1) is 10.2. The van der Waals surface area contributed by atoms with Crippen molar-refractivity contribution in [2.75, 3.05) is 19.7 Å². The number of nitrogens with one attached hydrogen (secondary N) is 1. The molecule has 1 unspecified atom stereocenters. The van der Waals surface area contributed by atoms with E-state index in [1.54, 1.807) is 18.2 Å². The van der Waals surface area contributed by atoms with Gasteiger partial charge in [0.2, 0.25) is 0 Å². The molecule has 1 atom stereocenters. The molecular formula is C16H21Cl2NO2. The van der Waals surface area contributed by atoms with Gasteiger partial charge in [0, 0.05) is 6.54 Å². The lowest BCUT2D eigenvalue weighted by molar-refractivity contribution is 0.107. The molecule has 1 aliphatic rings. The van der Waals surface area contributed by atoms with Crippen molar-refractivity contribution >= 4 is 23.2 Å². The molecule has 0 aliphatic heterocycles. The van der Waals surface area contributed by atoms with E-state index in [0.717, 1.165) is 13.0 Å². The van der Waals surface area contributed by atoms with Gasteiger partial charge in [-0.1, -0.05) is 40.9 Å². The molecule has 3 nitrogen and oxygen atoms in total. The smallest absolute Gasteiger partial charge is 0.156 e. The molecule has 2 N–H and O–H groups in total. The fourth-order valence-electron chi connectivity index (χ4n) is 2.34. The molecule has 0 fully saturated rings. The number of hydrogen-bond acceptors (Lipinski definition) is 3. The average Bonchev–Trinajstić information content (AvgIpc) is 2.96. The van der Waals surface area contributed by atoms with Crippen LogP contribution in [0.4, 0.5) is 0 Å². The highest BCUT2D eigenvalue weighted by Gasteiger charge is 2.10. The summed E-state index contributed by atoms with van der Waals surface area (Å²) in [5.41, 5.74) is 1.52. The molecule has 0 spiro atoms. The Bertz CT molecular complexity index is 471. The van der Waals surface area contributed by atoms with E-state index in [2.05, 4.69) is 11.4 Å². The van der Waals surface area contributed by atoms with Gasteiger partial charge in [-0.15, -0.1) is 0 Å². The Morgan fingerprint density at radius 2 is 2.05 bits per heavy atom. The summed E-state index contributed by atoms with van der Waals surface area (Å²) in [4.78, 5) is 0. The minimum absolute atomic E-state index is 0.166. The van der Waals surface area contributed by atoms with Crippen molar-refractivity contribution in [3.63, 3.8) is 0 Å². The maximum Gasteiger partial charge on any atom is 0.156 e. The predicted octanol–water partition coefficient (Wildman–Crippen LogP) is 3.82. The Morgan fingerprint density at radius 3 is 2.71 bits per heavy atom. The van der Waals surface area contributed by atoms with Crippen LogP contribution in [0.15, 0.2) is 29.8 Å². The van der Waals surface area contributed by atoms with Gasteiger partial charge in [0.05, 0.1) is 10.0 Å². The Morgan fingerprint density at radius 1 is 1.29 bits per heavy atom. The van der Waals surface area contributed by atoms with Gasteiger partial charge in [-0.2, -0.15) is 0 Å². The topological polar surface area (TPSA) is 41.5 Å². The minimum Gasteiger partial charge on any atom is -0.488 e. The SMILES string of the molecule is OC(CNCCC1=CCCC1)COc1c(Cl)cccc1Cl. The molecule has 5 heteroatoms. The highest BCUT2D eigenvalue weighted by Crippen LogP contribution is 2.32. The number of aliphatic hydroxyl groups excluding tert-OH is 1. The lowest BCUT2D eigenvalue weighted by Gasteiger charge is -2.15. The van der Waals surface area contributed by atoms with Gasteiger partial charge in [0.1, 0.15) is 12.7 Å². The van der Waals surface area contributed by atoms with Crippen molar-refractivity contribution in [3.05, 3.63) is 39.9 Å². The number of halogens is 2. The number of para-hydroxylation sites is 1. The molecule has 0 amide bonds. The number of benzene rings is 1. The van der Waals surface area contributed by atoms with E-state index >= 15 is 0 Å². The normalized spacial score (nSPS) is 15.9. The summed E-state index contributed by atoms with van der Waals surface area (Å²) in [6.07, 6.45) is 6.51. The Kier molecular flexibility index (Phi) is 6.84. The second-order valence-corrected chi connectivity index (χ2v) is 6.04. The van der Waals surface area contributed by atoms with E-state index in [0.29, 0.717) is 22.3 Å². The lowest BCUT2D eigenvalue weighted by Crippen LogP contribution is -2.32. The third-order valence-electron chi connectivity index (χ3n) is 3.48. The van der Waals surface area contributed by atoms with E-state index in [1.807, 2.05) is 0 Å². The van der Waals surface area contributed by atoms with Crippen LogP contribution in [-0.4, -0.2) is 30.9 Å². The fraction of sp³-hybridized carbons (Fsp3) is 0.500. The van der Waals surface area contributed by atoms with Crippen LogP contribution in [0.25, 0.3) is 0 Å². The number of aliphatic hydroxyl groups is 1. The molecule has 0 saturated heterocycles. The summed E-state index contributed by atoms with van der Waals surface area (Å²) in [6.45, 7) is 1.55. The van der Waals surface area contributed by atoms with Crippen molar-refractivity contribution < 1.29 is 9.84 Å². The molecular weight excluding hydrogens is 309 g/mol. The molecule has 0 bridgehead atoms. The number of rotatable bonds is 8. The van der Waals surface area contributed by atoms with E-state index < -0.39 is 6.10 Å². The summed E-state index contributed by atoms with van der Waals surface area (Å²) in [6, 6.07) is 5.18. The monoisotopic (exact) mass is 329 g/mol. The van der Waals surface area contributed by atoms with Gasteiger partial charge < -0.3 is 15.2 Å². The van der Waals surface area contributed by atoms with Gasteiger partial charge in [0.15, 0.2) is 5.75 Å². The zero-order valence-electron chi connectivity index (χ0n) is 11.9. The highest BCUT2D eigenvalue weighted by atomic mass is 35.5. The van der Waals surface area contributed by atoms with Crippen LogP contribution in [0.3, 0.4) is 0 Å². The van der Waals surface area contributed by atoms with Crippen LogP contribution in [0.1, 0.15) is 25.7 Å². The summed E-state index contributed by atoms with van der Waals surface area (Å²) in [7, 11) is 0. The largest absolute Gasteiger partial charge is 0.488 e. The molecule has 21 heavy (non-hydrogen) atoms. The zero-order valence-corrected chi connectivity index (χ0v) is 13.5. The number of hydrogen-bond donors (Lipinski definition) is 2. The van der Waals surface area contributed by atoms with Crippen molar-refractivity contribution in [3.8, 4) is 5.75 Å². The van der Waals surface area contributed by atoms with Crippen LogP contribution in [0, 0.1) is 0 Å². The van der Waals surface area contributed by atoms with Gasteiger partial charge in [0.25, 0.3) is 0 Å². The maximum atomic E-state index is 9.90. The van der Waals surface area contributed by atoms with Crippen LogP contribution in [0.5, 0.6) is 5.75 Å². The first-order valence-corrected chi connectivity index (χ1v) is 8.06. The van der Waals surface area contributed by atoms with Crippen molar-refractivity contribution in [1.82, 2.24) is 5.32 Å². The van der Waals surface area contributed by atoms with Crippen molar-refractivity contribution in [2.45, 2.75) is 31.8 Å². The van der Waals surface area contributed by atoms with Gasteiger partial charge in [-0.3, -0.25) is 0 Å². The standard InChI is InChI=1S/C16H21Cl2NO2/c17-14-6-3-7-15(18)16(14)21-11-13(20)10-19-9-8-12-4-1-2-5-12/h3-4,6-7,13,19-20H,1-2,5,8-11H2. The van der Waals surface area contributed by atoms with Gasteiger partial charge >= 0.3 is 0 Å². The van der Waals surface area contributed by atoms with Crippen molar-refractivity contribution in [1.29, 1.82) is 0 Å². The minimum atomic E-state index is -0.588. The van der Waals surface area contributed by atoms with Crippen LogP contribution < -0.4 is 10.1 Å². The van der Waals surface area contributed by atoms with E-state index in [-0.39, 0.29) is 6.61 Å². The van der Waals surface area contributed by atoms with Crippen LogP contribution in [0.2, 0.25) is 10.0 Å². The fourth-order valence-corrected chi connectivity index (χ4v) is 2.85. The average molecular weight is 330 g/mol. The summed E-state index contributed by atoms with van der Waals surface area (Å²) >= 11 is 12.0. The second-order valence-electron chi connectivity index (χ2n) is 5.22. The molecule has 0 radical (unpaired) electrons. The van der Waals surface area contributed by atoms with E-state index in [4.69, 9.17) is 27.9 Å². The Balaban J connectivity index is 1.64. The summed E-state index contributed by atoms with van der Waals surface area (Å²) in [5, 5.41) is 14.0. The molecule has 0 saturated carbocycles. The predicted molar refractivity (Wildman–Crippen MR) is 87.4 cm³/mol. The number of allylic oxidation sites excluding steroid dienone is 1. The quantitative estimate of drug-likeness (QED) is 0.562. The number of ether oxygens (including phenoxy) is 1. The highest BCUT2D eigenvalue weighted by molar-refractivity contribution is 6.37. The summed E-state index contributed by atoms with van der Waals surface area (Å²) < 4.78 is 5.49. The zero-order chi connectivity index (χ0) is 15.1. The second kappa shape index (κ2) is 8.64. The molecule has 116 valence electrons. The third-order valence-corrected chi connectivity index (χ3v) is 4.07. The maximum absolute atomic E-state index is 9.90. The summed E-state index contributed by atoms with van der Waals surface area (Å²) in [5.74, 6) is 0.427. The third kappa shape index (κ3) is 5.51. The first-order valence-electron chi connectivity index (χ1n) is 7.30. The Hall–Kier alpha value is -0.740. The first kappa shape index (κ1) is 16.6. The molecule has 1 aliphatic carbocycles. The molecule has 0 heterocycles. The molecule has 0 aromatic heterocycles. The van der Waals surface area contributed by atoms with Crippen LogP contribution in [-0.2, 0) is 0 Å².